The van der Waals surface area contributed by atoms with Crippen LogP contribution in [-0.4, -0.2) is 37.7 Å². The highest BCUT2D eigenvalue weighted by Crippen LogP contribution is 2.33. The van der Waals surface area contributed by atoms with Crippen molar-refractivity contribution < 1.29 is 0 Å². The quantitative estimate of drug-likeness (QED) is 0.295. The van der Waals surface area contributed by atoms with Crippen LogP contribution in [0.2, 0.25) is 0 Å². The monoisotopic (exact) mass is 487 g/mol. The molecule has 0 amide bonds. The largest absolute Gasteiger partial charge is 0.385 e. The van der Waals surface area contributed by atoms with E-state index in [1.807, 2.05) is 32.2 Å². The number of aromatic amines is 1. The van der Waals surface area contributed by atoms with Crippen LogP contribution in [0, 0.1) is 6.92 Å². The molecule has 0 saturated carbocycles. The molecule has 2 heterocycles. The lowest BCUT2D eigenvalue weighted by molar-refractivity contribution is 0.653. The van der Waals surface area contributed by atoms with Gasteiger partial charge in [0.05, 0.1) is 22.8 Å². The van der Waals surface area contributed by atoms with E-state index in [2.05, 4.69) is 94.9 Å². The molecule has 1 aromatic heterocycles. The van der Waals surface area contributed by atoms with Gasteiger partial charge in [-0.2, -0.15) is 0 Å². The topological polar surface area (TPSA) is 46.3 Å². The zero-order chi connectivity index (χ0) is 25.2. The van der Waals surface area contributed by atoms with Gasteiger partial charge in [-0.15, -0.1) is 0 Å². The molecule has 3 N–H and O–H groups in total. The standard InChI is InChI=1S/C28H35N5.C2H6.CH4/c1-5-14-29-22(3)24-12-13-28(26(20-24)31-23(4)25-10-8-15-30-25)33-18-16-32(17-19-33)27-11-7-6-9-21(27)2;1-2;/h6-13,15,20,29-31H,3-5,14,16-19H2,1-2H3;1-2H3;1H4. The maximum Gasteiger partial charge on any atom is 0.0629 e. The van der Waals surface area contributed by atoms with Gasteiger partial charge in [0.1, 0.15) is 0 Å². The molecule has 0 radical (unpaired) electrons. The first-order chi connectivity index (χ1) is 17.1. The molecule has 0 unspecified atom stereocenters. The number of rotatable bonds is 9. The molecule has 0 atom stereocenters. The number of para-hydroxylation sites is 1. The van der Waals surface area contributed by atoms with Crippen LogP contribution >= 0.6 is 0 Å². The van der Waals surface area contributed by atoms with Gasteiger partial charge in [-0.05, 0) is 54.8 Å². The van der Waals surface area contributed by atoms with E-state index in [1.54, 1.807) is 0 Å². The Bertz CT molecular complexity index is 1090. The van der Waals surface area contributed by atoms with Gasteiger partial charge >= 0.3 is 0 Å². The molecule has 1 aliphatic rings. The van der Waals surface area contributed by atoms with Crippen molar-refractivity contribution in [1.29, 1.82) is 0 Å². The highest BCUT2D eigenvalue weighted by molar-refractivity contribution is 5.84. The number of anilines is 3. The highest BCUT2D eigenvalue weighted by Gasteiger charge is 2.21. The second-order valence-electron chi connectivity index (χ2n) is 8.59. The number of aryl methyl sites for hydroxylation is 1. The van der Waals surface area contributed by atoms with E-state index < -0.39 is 0 Å². The minimum Gasteiger partial charge on any atom is -0.385 e. The lowest BCUT2D eigenvalue weighted by atomic mass is 10.1. The zero-order valence-electron chi connectivity index (χ0n) is 21.8. The van der Waals surface area contributed by atoms with Gasteiger partial charge in [-0.1, -0.05) is 65.6 Å². The maximum absolute atomic E-state index is 4.26. The fourth-order valence-electron chi connectivity index (χ4n) is 4.33. The van der Waals surface area contributed by atoms with Gasteiger partial charge in [0, 0.05) is 50.3 Å². The van der Waals surface area contributed by atoms with Crippen LogP contribution in [0.5, 0.6) is 0 Å². The lowest BCUT2D eigenvalue weighted by Crippen LogP contribution is -2.47. The molecule has 194 valence electrons. The molecule has 36 heavy (non-hydrogen) atoms. The van der Waals surface area contributed by atoms with Crippen molar-refractivity contribution in [3.05, 3.63) is 90.8 Å². The fourth-order valence-corrected chi connectivity index (χ4v) is 4.33. The van der Waals surface area contributed by atoms with Crippen LogP contribution in [0.4, 0.5) is 17.1 Å². The van der Waals surface area contributed by atoms with E-state index in [0.717, 1.165) is 67.5 Å². The predicted molar refractivity (Wildman–Crippen MR) is 161 cm³/mol. The van der Waals surface area contributed by atoms with Crippen LogP contribution in [0.1, 0.15) is 51.4 Å². The summed E-state index contributed by atoms with van der Waals surface area (Å²) in [6.45, 7) is 21.7. The van der Waals surface area contributed by atoms with Crippen LogP contribution in [0.3, 0.4) is 0 Å². The summed E-state index contributed by atoms with van der Waals surface area (Å²) in [7, 11) is 0. The fraction of sp³-hybridized carbons (Fsp3) is 0.355. The zero-order valence-corrected chi connectivity index (χ0v) is 21.8. The minimum atomic E-state index is 0. The lowest BCUT2D eigenvalue weighted by Gasteiger charge is -2.39. The van der Waals surface area contributed by atoms with Gasteiger partial charge < -0.3 is 25.4 Å². The van der Waals surface area contributed by atoms with Gasteiger partial charge in [0.2, 0.25) is 0 Å². The third-order valence-electron chi connectivity index (χ3n) is 6.22. The summed E-state index contributed by atoms with van der Waals surface area (Å²) in [6.07, 6.45) is 2.98. The van der Waals surface area contributed by atoms with Crippen molar-refractivity contribution in [3.8, 4) is 0 Å². The van der Waals surface area contributed by atoms with Crippen molar-refractivity contribution >= 4 is 28.5 Å². The van der Waals surface area contributed by atoms with Crippen LogP contribution in [-0.2, 0) is 0 Å². The first-order valence-electron chi connectivity index (χ1n) is 12.8. The summed E-state index contributed by atoms with van der Waals surface area (Å²) in [4.78, 5) is 8.19. The van der Waals surface area contributed by atoms with Crippen LogP contribution in [0.15, 0.2) is 74.0 Å². The minimum absolute atomic E-state index is 0. The first-order valence-corrected chi connectivity index (χ1v) is 12.8. The number of aromatic nitrogens is 1. The summed E-state index contributed by atoms with van der Waals surface area (Å²) in [6, 6.07) is 19.2. The van der Waals surface area contributed by atoms with Crippen LogP contribution in [0.25, 0.3) is 11.4 Å². The Morgan fingerprint density at radius 3 is 2.17 bits per heavy atom. The Morgan fingerprint density at radius 2 is 1.56 bits per heavy atom. The van der Waals surface area contributed by atoms with Gasteiger partial charge in [0.15, 0.2) is 0 Å². The number of nitrogens with zero attached hydrogens (tertiary/aromatic N) is 2. The average Bonchev–Trinajstić information content (AvgIpc) is 3.44. The third kappa shape index (κ3) is 6.97. The number of hydrogen-bond acceptors (Lipinski definition) is 4. The molecule has 3 aromatic rings. The van der Waals surface area contributed by atoms with E-state index in [4.69, 9.17) is 0 Å². The molecule has 1 saturated heterocycles. The third-order valence-corrected chi connectivity index (χ3v) is 6.22. The van der Waals surface area contributed by atoms with Gasteiger partial charge in [0.25, 0.3) is 0 Å². The molecule has 2 aromatic carbocycles. The molecule has 0 spiro atoms. The molecule has 0 aliphatic carbocycles. The van der Waals surface area contributed by atoms with E-state index in [1.165, 1.54) is 16.9 Å². The molecule has 5 nitrogen and oxygen atoms in total. The predicted octanol–water partition coefficient (Wildman–Crippen LogP) is 7.37. The molecule has 1 aliphatic heterocycles. The molecule has 1 fully saturated rings. The van der Waals surface area contributed by atoms with Crippen LogP contribution < -0.4 is 20.4 Å². The van der Waals surface area contributed by atoms with Crippen molar-refractivity contribution in [1.82, 2.24) is 10.3 Å². The molecular formula is C31H45N5. The number of hydrogen-bond donors (Lipinski definition) is 3. The Kier molecular flexibility index (Phi) is 11.2. The van der Waals surface area contributed by atoms with Gasteiger partial charge in [-0.25, -0.2) is 0 Å². The molecular weight excluding hydrogens is 442 g/mol. The molecule has 4 rings (SSSR count). The number of nitrogens with one attached hydrogen (secondary N) is 3. The van der Waals surface area contributed by atoms with E-state index in [9.17, 15) is 0 Å². The second kappa shape index (κ2) is 14.1. The van der Waals surface area contributed by atoms with Crippen molar-refractivity contribution in [3.63, 3.8) is 0 Å². The normalized spacial score (nSPS) is 12.7. The van der Waals surface area contributed by atoms with E-state index >= 15 is 0 Å². The number of benzene rings is 2. The Labute approximate surface area is 218 Å². The van der Waals surface area contributed by atoms with Gasteiger partial charge in [-0.3, -0.25) is 0 Å². The SMILES string of the molecule is C.C=C(NCCC)c1ccc(N2CCN(c3ccccc3C)CC2)c(NC(=C)c2ccc[nH]2)c1.CC. The maximum atomic E-state index is 4.26. The summed E-state index contributed by atoms with van der Waals surface area (Å²) >= 11 is 0. The number of piperazine rings is 1. The highest BCUT2D eigenvalue weighted by atomic mass is 15.3. The second-order valence-corrected chi connectivity index (χ2v) is 8.59. The summed E-state index contributed by atoms with van der Waals surface area (Å²) in [5.74, 6) is 0. The molecule has 0 bridgehead atoms. The Morgan fingerprint density at radius 1 is 0.889 bits per heavy atom. The van der Waals surface area contributed by atoms with E-state index in [0.29, 0.717) is 0 Å². The van der Waals surface area contributed by atoms with Crippen molar-refractivity contribution in [2.24, 2.45) is 0 Å². The summed E-state index contributed by atoms with van der Waals surface area (Å²) in [5, 5.41) is 6.98. The van der Waals surface area contributed by atoms with Crippen molar-refractivity contribution in [2.75, 3.05) is 47.8 Å². The Hall–Kier alpha value is -3.60. The Balaban J connectivity index is 0.00000148. The summed E-state index contributed by atoms with van der Waals surface area (Å²) in [5.41, 5.74) is 8.79. The molecule has 5 heteroatoms. The van der Waals surface area contributed by atoms with E-state index in [-0.39, 0.29) is 7.43 Å². The van der Waals surface area contributed by atoms with Crippen molar-refractivity contribution in [2.45, 2.75) is 41.5 Å². The number of H-pyrrole nitrogens is 1. The first kappa shape index (κ1) is 28.6. The summed E-state index contributed by atoms with van der Waals surface area (Å²) < 4.78 is 0. The smallest absolute Gasteiger partial charge is 0.0629 e. The average molecular weight is 488 g/mol.